The van der Waals surface area contributed by atoms with Crippen molar-refractivity contribution in [2.24, 2.45) is 0 Å². The third kappa shape index (κ3) is 4.37. The first kappa shape index (κ1) is 11.9. The fraction of sp³-hybridized carbons (Fsp3) is 1.00. The lowest BCUT2D eigenvalue weighted by Crippen LogP contribution is -2.37. The summed E-state index contributed by atoms with van der Waals surface area (Å²) in [6.45, 7) is 2.79. The maximum atomic E-state index is 9.51. The predicted molar refractivity (Wildman–Crippen MR) is 54.3 cm³/mol. The van der Waals surface area contributed by atoms with E-state index in [2.05, 4.69) is 5.32 Å². The second kappa shape index (κ2) is 7.17. The van der Waals surface area contributed by atoms with E-state index in [-0.39, 0.29) is 12.1 Å². The second-order valence-electron chi connectivity index (χ2n) is 3.66. The molecule has 1 saturated carbocycles. The van der Waals surface area contributed by atoms with Crippen LogP contribution < -0.4 is 5.32 Å². The van der Waals surface area contributed by atoms with E-state index in [4.69, 9.17) is 9.47 Å². The third-order valence-electron chi connectivity index (χ3n) is 2.56. The van der Waals surface area contributed by atoms with Crippen LogP contribution in [-0.4, -0.2) is 50.7 Å². The number of aliphatic hydroxyl groups is 1. The molecule has 1 fully saturated rings. The molecular weight excluding hydrogens is 182 g/mol. The van der Waals surface area contributed by atoms with Gasteiger partial charge in [0.2, 0.25) is 0 Å². The average molecular weight is 203 g/mol. The van der Waals surface area contributed by atoms with Gasteiger partial charge in [0.15, 0.2) is 0 Å². The Morgan fingerprint density at radius 1 is 1.29 bits per heavy atom. The molecule has 0 spiro atoms. The quantitative estimate of drug-likeness (QED) is 0.578. The molecule has 0 aromatic heterocycles. The van der Waals surface area contributed by atoms with Crippen molar-refractivity contribution in [1.82, 2.24) is 5.32 Å². The molecule has 0 saturated heterocycles. The molecule has 0 aromatic rings. The summed E-state index contributed by atoms with van der Waals surface area (Å²) >= 11 is 0. The molecule has 1 rings (SSSR count). The minimum atomic E-state index is -0.158. The van der Waals surface area contributed by atoms with Crippen molar-refractivity contribution in [1.29, 1.82) is 0 Å². The number of hydrogen-bond acceptors (Lipinski definition) is 4. The largest absolute Gasteiger partial charge is 0.392 e. The van der Waals surface area contributed by atoms with Crippen LogP contribution >= 0.6 is 0 Å². The summed E-state index contributed by atoms with van der Waals surface area (Å²) < 4.78 is 10.2. The monoisotopic (exact) mass is 203 g/mol. The van der Waals surface area contributed by atoms with Gasteiger partial charge in [0.05, 0.1) is 25.9 Å². The molecule has 0 unspecified atom stereocenters. The molecule has 0 aromatic carbocycles. The van der Waals surface area contributed by atoms with E-state index in [0.29, 0.717) is 19.8 Å². The summed E-state index contributed by atoms with van der Waals surface area (Å²) in [6, 6.07) is 0.279. The van der Waals surface area contributed by atoms with E-state index in [1.165, 1.54) is 0 Å². The van der Waals surface area contributed by atoms with Gasteiger partial charge >= 0.3 is 0 Å². The van der Waals surface area contributed by atoms with Gasteiger partial charge in [-0.25, -0.2) is 0 Å². The van der Waals surface area contributed by atoms with Crippen molar-refractivity contribution in [3.05, 3.63) is 0 Å². The van der Waals surface area contributed by atoms with Crippen molar-refractivity contribution in [3.63, 3.8) is 0 Å². The lowest BCUT2D eigenvalue weighted by molar-refractivity contribution is 0.0680. The highest BCUT2D eigenvalue weighted by molar-refractivity contribution is 4.82. The molecule has 0 amide bonds. The lowest BCUT2D eigenvalue weighted by atomic mass is 10.2. The summed E-state index contributed by atoms with van der Waals surface area (Å²) in [5, 5.41) is 12.8. The van der Waals surface area contributed by atoms with Gasteiger partial charge in [-0.15, -0.1) is 0 Å². The van der Waals surface area contributed by atoms with E-state index in [1.807, 2.05) is 0 Å². The van der Waals surface area contributed by atoms with Crippen molar-refractivity contribution >= 4 is 0 Å². The Bertz CT molecular complexity index is 143. The highest BCUT2D eigenvalue weighted by atomic mass is 16.5. The molecule has 4 heteroatoms. The summed E-state index contributed by atoms with van der Waals surface area (Å²) in [6.07, 6.45) is 2.99. The Labute approximate surface area is 85.6 Å². The minimum absolute atomic E-state index is 0.158. The lowest BCUT2D eigenvalue weighted by Gasteiger charge is -2.16. The zero-order valence-electron chi connectivity index (χ0n) is 8.87. The second-order valence-corrected chi connectivity index (χ2v) is 3.66. The topological polar surface area (TPSA) is 50.7 Å². The van der Waals surface area contributed by atoms with E-state index in [0.717, 1.165) is 25.8 Å². The van der Waals surface area contributed by atoms with Crippen molar-refractivity contribution in [2.75, 3.05) is 33.5 Å². The smallest absolute Gasteiger partial charge is 0.0700 e. The van der Waals surface area contributed by atoms with Gasteiger partial charge < -0.3 is 19.9 Å². The zero-order valence-corrected chi connectivity index (χ0v) is 8.87. The number of aliphatic hydroxyl groups excluding tert-OH is 1. The van der Waals surface area contributed by atoms with Crippen LogP contribution in [0.3, 0.4) is 0 Å². The summed E-state index contributed by atoms with van der Waals surface area (Å²) in [4.78, 5) is 0. The van der Waals surface area contributed by atoms with Gasteiger partial charge in [0.1, 0.15) is 0 Å². The third-order valence-corrected chi connectivity index (χ3v) is 2.56. The fourth-order valence-corrected chi connectivity index (χ4v) is 1.74. The number of rotatable bonds is 7. The standard InChI is InChI=1S/C10H21NO3/c1-13-7-8-14-6-5-11-9-3-2-4-10(9)12/h9-12H,2-8H2,1H3/t9-,10-/m0/s1. The highest BCUT2D eigenvalue weighted by Crippen LogP contribution is 2.18. The molecular formula is C10H21NO3. The molecule has 2 N–H and O–H groups in total. The Kier molecular flexibility index (Phi) is 6.10. The molecule has 4 nitrogen and oxygen atoms in total. The molecule has 1 aliphatic carbocycles. The SMILES string of the molecule is COCCOCCN[C@H]1CCC[C@@H]1O. The molecule has 1 aliphatic rings. The van der Waals surface area contributed by atoms with Crippen molar-refractivity contribution in [2.45, 2.75) is 31.4 Å². The van der Waals surface area contributed by atoms with Crippen LogP contribution in [0.25, 0.3) is 0 Å². The number of ether oxygens (including phenoxy) is 2. The fourth-order valence-electron chi connectivity index (χ4n) is 1.74. The predicted octanol–water partition coefficient (Wildman–Crippen LogP) is 0.152. The van der Waals surface area contributed by atoms with Crippen LogP contribution in [0.15, 0.2) is 0 Å². The van der Waals surface area contributed by atoms with Gasteiger partial charge in [-0.2, -0.15) is 0 Å². The van der Waals surface area contributed by atoms with E-state index in [9.17, 15) is 5.11 Å². The zero-order chi connectivity index (χ0) is 10.2. The maximum absolute atomic E-state index is 9.51. The molecule has 0 bridgehead atoms. The first-order chi connectivity index (χ1) is 6.84. The Morgan fingerprint density at radius 2 is 2.14 bits per heavy atom. The first-order valence-electron chi connectivity index (χ1n) is 5.32. The molecule has 0 heterocycles. The number of hydrogen-bond donors (Lipinski definition) is 2. The van der Waals surface area contributed by atoms with E-state index in [1.54, 1.807) is 7.11 Å². The summed E-state index contributed by atoms with van der Waals surface area (Å²) in [5.74, 6) is 0. The Morgan fingerprint density at radius 3 is 2.79 bits per heavy atom. The first-order valence-corrected chi connectivity index (χ1v) is 5.32. The van der Waals surface area contributed by atoms with Crippen LogP contribution in [-0.2, 0) is 9.47 Å². The van der Waals surface area contributed by atoms with Crippen LogP contribution in [0.4, 0.5) is 0 Å². The maximum Gasteiger partial charge on any atom is 0.0700 e. The van der Waals surface area contributed by atoms with E-state index < -0.39 is 0 Å². The van der Waals surface area contributed by atoms with Crippen molar-refractivity contribution < 1.29 is 14.6 Å². The van der Waals surface area contributed by atoms with Crippen molar-refractivity contribution in [3.8, 4) is 0 Å². The number of nitrogens with one attached hydrogen (secondary N) is 1. The molecule has 14 heavy (non-hydrogen) atoms. The van der Waals surface area contributed by atoms with Crippen LogP contribution in [0.5, 0.6) is 0 Å². The summed E-state index contributed by atoms with van der Waals surface area (Å²) in [7, 11) is 1.66. The van der Waals surface area contributed by atoms with Crippen LogP contribution in [0.1, 0.15) is 19.3 Å². The number of methoxy groups -OCH3 is 1. The molecule has 0 radical (unpaired) electrons. The van der Waals surface area contributed by atoms with Gasteiger partial charge in [0.25, 0.3) is 0 Å². The van der Waals surface area contributed by atoms with Gasteiger partial charge in [-0.1, -0.05) is 0 Å². The Balaban J connectivity index is 1.88. The Hall–Kier alpha value is -0.160. The van der Waals surface area contributed by atoms with Crippen LogP contribution in [0, 0.1) is 0 Å². The molecule has 0 aliphatic heterocycles. The highest BCUT2D eigenvalue weighted by Gasteiger charge is 2.23. The molecule has 84 valence electrons. The molecule has 2 atom stereocenters. The minimum Gasteiger partial charge on any atom is -0.392 e. The van der Waals surface area contributed by atoms with Crippen LogP contribution in [0.2, 0.25) is 0 Å². The summed E-state index contributed by atoms with van der Waals surface area (Å²) in [5.41, 5.74) is 0. The average Bonchev–Trinajstić information content (AvgIpc) is 2.58. The van der Waals surface area contributed by atoms with E-state index >= 15 is 0 Å². The van der Waals surface area contributed by atoms with Gasteiger partial charge in [-0.05, 0) is 19.3 Å². The normalized spacial score (nSPS) is 27.0. The van der Waals surface area contributed by atoms with Gasteiger partial charge in [0, 0.05) is 19.7 Å². The van der Waals surface area contributed by atoms with Gasteiger partial charge in [-0.3, -0.25) is 0 Å².